The van der Waals surface area contributed by atoms with Crippen LogP contribution in [0.25, 0.3) is 10.8 Å². The maximum absolute atomic E-state index is 12.8. The maximum Gasteiger partial charge on any atom is 0.157 e. The van der Waals surface area contributed by atoms with E-state index in [0.29, 0.717) is 19.3 Å². The van der Waals surface area contributed by atoms with Crippen molar-refractivity contribution in [2.75, 3.05) is 0 Å². The summed E-state index contributed by atoms with van der Waals surface area (Å²) in [6.45, 7) is 3.91. The normalized spacial score (nSPS) is 13.6. The third-order valence-electron chi connectivity index (χ3n) is 4.68. The summed E-state index contributed by atoms with van der Waals surface area (Å²) in [5.41, 5.74) is 7.44. The summed E-state index contributed by atoms with van der Waals surface area (Å²) >= 11 is 0. The Morgan fingerprint density at radius 3 is 2.33 bits per heavy atom. The summed E-state index contributed by atoms with van der Waals surface area (Å²) in [7, 11) is 0. The van der Waals surface area contributed by atoms with Crippen LogP contribution >= 0.6 is 0 Å². The first-order chi connectivity index (χ1) is 11.6. The van der Waals surface area contributed by atoms with E-state index in [-0.39, 0.29) is 5.78 Å². The van der Waals surface area contributed by atoms with Crippen molar-refractivity contribution in [2.24, 2.45) is 5.73 Å². The number of ketones is 1. The van der Waals surface area contributed by atoms with E-state index < -0.39 is 5.54 Å². The zero-order chi connectivity index (χ0) is 17.0. The molecule has 24 heavy (non-hydrogen) atoms. The number of aryl methyl sites for hydroxylation is 1. The van der Waals surface area contributed by atoms with Gasteiger partial charge < -0.3 is 5.73 Å². The van der Waals surface area contributed by atoms with E-state index >= 15 is 0 Å². The van der Waals surface area contributed by atoms with Crippen LogP contribution in [0.1, 0.15) is 24.0 Å². The van der Waals surface area contributed by atoms with Gasteiger partial charge in [0, 0.05) is 6.42 Å². The first-order valence-electron chi connectivity index (χ1n) is 8.29. The van der Waals surface area contributed by atoms with Gasteiger partial charge in [0.25, 0.3) is 0 Å². The summed E-state index contributed by atoms with van der Waals surface area (Å²) in [4.78, 5) is 12.8. The van der Waals surface area contributed by atoms with Crippen LogP contribution in [0.15, 0.2) is 72.8 Å². The van der Waals surface area contributed by atoms with Crippen molar-refractivity contribution >= 4 is 16.6 Å². The lowest BCUT2D eigenvalue weighted by molar-refractivity contribution is -0.124. The molecule has 0 saturated carbocycles. The lowest BCUT2D eigenvalue weighted by atomic mass is 9.82. The highest BCUT2D eigenvalue weighted by molar-refractivity contribution is 5.91. The zero-order valence-electron chi connectivity index (χ0n) is 13.7. The van der Waals surface area contributed by atoms with Gasteiger partial charge in [-0.2, -0.15) is 0 Å². The number of fused-ring (bicyclic) bond motifs is 1. The number of carbonyl (C=O) groups excluding carboxylic acids is 1. The van der Waals surface area contributed by atoms with Gasteiger partial charge in [-0.25, -0.2) is 0 Å². The lowest BCUT2D eigenvalue weighted by Gasteiger charge is -2.27. The standard InChI is InChI=1S/C22H22NO/c1-2-22(23,19-12-4-3-5-13-19)21(24)16-15-18-11-8-10-17-9-6-7-14-20(17)18/h3-14H,1-2,15-16,23H2. The minimum atomic E-state index is -1.01. The fourth-order valence-electron chi connectivity index (χ4n) is 3.16. The van der Waals surface area contributed by atoms with Gasteiger partial charge in [-0.15, -0.1) is 0 Å². The summed E-state index contributed by atoms with van der Waals surface area (Å²) in [5, 5.41) is 2.39. The van der Waals surface area contributed by atoms with E-state index in [1.54, 1.807) is 0 Å². The SMILES string of the molecule is [CH2]CC(N)(C(=O)CCc1cccc2ccccc12)c1ccccc1. The highest BCUT2D eigenvalue weighted by Gasteiger charge is 2.33. The molecule has 121 valence electrons. The van der Waals surface area contributed by atoms with Crippen molar-refractivity contribution in [3.05, 3.63) is 90.8 Å². The molecule has 0 aliphatic rings. The van der Waals surface area contributed by atoms with E-state index in [1.807, 2.05) is 48.5 Å². The van der Waals surface area contributed by atoms with Gasteiger partial charge >= 0.3 is 0 Å². The van der Waals surface area contributed by atoms with E-state index in [0.717, 1.165) is 5.56 Å². The van der Waals surface area contributed by atoms with Crippen molar-refractivity contribution in [1.82, 2.24) is 0 Å². The van der Waals surface area contributed by atoms with Crippen LogP contribution in [0.5, 0.6) is 0 Å². The number of rotatable bonds is 6. The molecule has 2 heteroatoms. The average Bonchev–Trinajstić information content (AvgIpc) is 2.66. The van der Waals surface area contributed by atoms with Gasteiger partial charge in [0.1, 0.15) is 5.54 Å². The molecular weight excluding hydrogens is 294 g/mol. The van der Waals surface area contributed by atoms with Crippen molar-refractivity contribution in [3.63, 3.8) is 0 Å². The summed E-state index contributed by atoms with van der Waals surface area (Å²) < 4.78 is 0. The Kier molecular flexibility index (Phi) is 4.77. The number of hydrogen-bond donors (Lipinski definition) is 1. The fraction of sp³-hybridized carbons (Fsp3) is 0.182. The Balaban J connectivity index is 1.81. The van der Waals surface area contributed by atoms with Gasteiger partial charge in [0.05, 0.1) is 0 Å². The molecule has 0 fully saturated rings. The fourth-order valence-corrected chi connectivity index (χ4v) is 3.16. The van der Waals surface area contributed by atoms with Crippen LogP contribution < -0.4 is 5.73 Å². The predicted octanol–water partition coefficient (Wildman–Crippen LogP) is 4.42. The Labute approximate surface area is 143 Å². The molecule has 0 spiro atoms. The van der Waals surface area contributed by atoms with Crippen LogP contribution in [-0.2, 0) is 16.8 Å². The van der Waals surface area contributed by atoms with Crippen LogP contribution in [0.3, 0.4) is 0 Å². The number of nitrogens with two attached hydrogens (primary N) is 1. The average molecular weight is 316 g/mol. The van der Waals surface area contributed by atoms with E-state index in [4.69, 9.17) is 5.73 Å². The second-order valence-corrected chi connectivity index (χ2v) is 6.15. The molecule has 0 aliphatic heterocycles. The molecule has 0 aromatic heterocycles. The Morgan fingerprint density at radius 1 is 0.917 bits per heavy atom. The summed E-state index contributed by atoms with van der Waals surface area (Å²) in [5.74, 6) is 0.0386. The summed E-state index contributed by atoms with van der Waals surface area (Å²) in [6.07, 6.45) is 1.45. The largest absolute Gasteiger partial charge is 0.315 e. The molecule has 2 N–H and O–H groups in total. The molecule has 3 aromatic carbocycles. The van der Waals surface area contributed by atoms with Crippen LogP contribution in [0, 0.1) is 6.92 Å². The predicted molar refractivity (Wildman–Crippen MR) is 99.6 cm³/mol. The van der Waals surface area contributed by atoms with Gasteiger partial charge in [-0.1, -0.05) is 79.7 Å². The maximum atomic E-state index is 12.8. The number of carbonyl (C=O) groups is 1. The molecule has 2 nitrogen and oxygen atoms in total. The smallest absolute Gasteiger partial charge is 0.157 e. The van der Waals surface area contributed by atoms with Gasteiger partial charge in [0.15, 0.2) is 5.78 Å². The van der Waals surface area contributed by atoms with E-state index in [1.165, 1.54) is 16.3 Å². The zero-order valence-corrected chi connectivity index (χ0v) is 13.7. The van der Waals surface area contributed by atoms with E-state index in [2.05, 4.69) is 31.2 Å². The van der Waals surface area contributed by atoms with Crippen molar-refractivity contribution < 1.29 is 4.79 Å². The number of Topliss-reactive ketones (excluding diaryl/α,β-unsaturated/α-hetero) is 1. The van der Waals surface area contributed by atoms with Gasteiger partial charge in [-0.3, -0.25) is 4.79 Å². The first-order valence-corrected chi connectivity index (χ1v) is 8.29. The highest BCUT2D eigenvalue weighted by Crippen LogP contribution is 2.26. The van der Waals surface area contributed by atoms with Crippen molar-refractivity contribution in [3.8, 4) is 0 Å². The molecule has 0 saturated heterocycles. The van der Waals surface area contributed by atoms with E-state index in [9.17, 15) is 4.79 Å². The van der Waals surface area contributed by atoms with Gasteiger partial charge in [0.2, 0.25) is 0 Å². The monoisotopic (exact) mass is 316 g/mol. The van der Waals surface area contributed by atoms with Crippen LogP contribution in [0.2, 0.25) is 0 Å². The molecule has 0 amide bonds. The molecule has 1 radical (unpaired) electrons. The quantitative estimate of drug-likeness (QED) is 0.731. The van der Waals surface area contributed by atoms with Crippen molar-refractivity contribution in [2.45, 2.75) is 24.8 Å². The summed E-state index contributed by atoms with van der Waals surface area (Å²) in [6, 6.07) is 24.0. The third kappa shape index (κ3) is 3.10. The minimum absolute atomic E-state index is 0.0386. The number of hydrogen-bond acceptors (Lipinski definition) is 2. The molecule has 3 aromatic rings. The van der Waals surface area contributed by atoms with Crippen LogP contribution in [-0.4, -0.2) is 5.78 Å². The lowest BCUT2D eigenvalue weighted by Crippen LogP contribution is -2.44. The molecule has 3 rings (SSSR count). The molecule has 0 heterocycles. The topological polar surface area (TPSA) is 43.1 Å². The molecular formula is C22H22NO. The molecule has 0 bridgehead atoms. The van der Waals surface area contributed by atoms with Crippen molar-refractivity contribution in [1.29, 1.82) is 0 Å². The third-order valence-corrected chi connectivity index (χ3v) is 4.68. The number of benzene rings is 3. The second kappa shape index (κ2) is 6.98. The minimum Gasteiger partial charge on any atom is -0.315 e. The Hall–Kier alpha value is -2.45. The highest BCUT2D eigenvalue weighted by atomic mass is 16.1. The molecule has 0 aliphatic carbocycles. The second-order valence-electron chi connectivity index (χ2n) is 6.15. The van der Waals surface area contributed by atoms with Crippen LogP contribution in [0.4, 0.5) is 0 Å². The van der Waals surface area contributed by atoms with Gasteiger partial charge in [-0.05, 0) is 34.7 Å². The first kappa shape index (κ1) is 16.4. The Morgan fingerprint density at radius 2 is 1.58 bits per heavy atom. The Bertz CT molecular complexity index is 835. The molecule has 1 unspecified atom stereocenters. The molecule has 1 atom stereocenters.